The fraction of sp³-hybridized carbons (Fsp3) is 0.400. The number of thiazole rings is 1. The Labute approximate surface area is 134 Å². The highest BCUT2D eigenvalue weighted by atomic mass is 35.5. The lowest BCUT2D eigenvalue weighted by molar-refractivity contribution is 0.319. The van der Waals surface area contributed by atoms with Gasteiger partial charge in [-0.15, -0.1) is 11.3 Å². The number of ether oxygens (including phenoxy) is 2. The first kappa shape index (κ1) is 16.1. The van der Waals surface area contributed by atoms with E-state index in [2.05, 4.69) is 16.9 Å². The molecular formula is C15H19ClN2O2S. The second kappa shape index (κ2) is 7.11. The third kappa shape index (κ3) is 3.87. The molecule has 1 aromatic carbocycles. The molecule has 0 aliphatic heterocycles. The van der Waals surface area contributed by atoms with Crippen LogP contribution >= 0.6 is 22.9 Å². The van der Waals surface area contributed by atoms with Gasteiger partial charge < -0.3 is 9.47 Å². The molecular weight excluding hydrogens is 308 g/mol. The van der Waals surface area contributed by atoms with Crippen LogP contribution in [0.4, 0.5) is 0 Å². The van der Waals surface area contributed by atoms with Crippen molar-refractivity contribution >= 4 is 22.9 Å². The van der Waals surface area contributed by atoms with Crippen molar-refractivity contribution < 1.29 is 9.47 Å². The Morgan fingerprint density at radius 3 is 2.57 bits per heavy atom. The molecule has 0 aliphatic carbocycles. The van der Waals surface area contributed by atoms with Gasteiger partial charge in [-0.2, -0.15) is 0 Å². The zero-order valence-electron chi connectivity index (χ0n) is 12.6. The van der Waals surface area contributed by atoms with E-state index in [-0.39, 0.29) is 0 Å². The summed E-state index contributed by atoms with van der Waals surface area (Å²) in [5.74, 6) is 1.23. The fourth-order valence-corrected chi connectivity index (χ4v) is 3.31. The third-order valence-electron chi connectivity index (χ3n) is 3.10. The van der Waals surface area contributed by atoms with E-state index < -0.39 is 0 Å². The van der Waals surface area contributed by atoms with Crippen LogP contribution in [-0.2, 0) is 13.1 Å². The van der Waals surface area contributed by atoms with Crippen LogP contribution in [0, 0.1) is 6.92 Å². The maximum absolute atomic E-state index is 6.40. The van der Waals surface area contributed by atoms with E-state index in [0.29, 0.717) is 16.5 Å². The zero-order valence-corrected chi connectivity index (χ0v) is 14.2. The fourth-order valence-electron chi connectivity index (χ4n) is 2.14. The van der Waals surface area contributed by atoms with Crippen molar-refractivity contribution in [3.63, 3.8) is 0 Å². The average Bonchev–Trinajstić information content (AvgIpc) is 2.85. The lowest BCUT2D eigenvalue weighted by atomic mass is 10.2. The standard InChI is InChI=1S/C15H19ClN2O2S/c1-10-17-7-12(21-10)9-18(2)8-11-5-6-13(19-3)15(20-4)14(11)16/h5-7H,8-9H2,1-4H3. The summed E-state index contributed by atoms with van der Waals surface area (Å²) in [7, 11) is 5.26. The number of nitrogens with zero attached hydrogens (tertiary/aromatic N) is 2. The predicted molar refractivity (Wildman–Crippen MR) is 86.6 cm³/mol. The summed E-state index contributed by atoms with van der Waals surface area (Å²) >= 11 is 8.12. The lowest BCUT2D eigenvalue weighted by Crippen LogP contribution is -2.17. The monoisotopic (exact) mass is 326 g/mol. The number of aryl methyl sites for hydroxylation is 1. The number of rotatable bonds is 6. The molecule has 6 heteroatoms. The number of aromatic nitrogens is 1. The molecule has 2 aromatic rings. The van der Waals surface area contributed by atoms with Crippen LogP contribution < -0.4 is 9.47 Å². The number of hydrogen-bond acceptors (Lipinski definition) is 5. The first-order valence-corrected chi connectivity index (χ1v) is 7.73. The van der Waals surface area contributed by atoms with Gasteiger partial charge in [0, 0.05) is 24.2 Å². The van der Waals surface area contributed by atoms with Gasteiger partial charge in [-0.25, -0.2) is 4.98 Å². The maximum Gasteiger partial charge on any atom is 0.179 e. The quantitative estimate of drug-likeness (QED) is 0.809. The van der Waals surface area contributed by atoms with Crippen LogP contribution in [0.25, 0.3) is 0 Å². The Kier molecular flexibility index (Phi) is 5.45. The number of hydrogen-bond donors (Lipinski definition) is 0. The van der Waals surface area contributed by atoms with Gasteiger partial charge >= 0.3 is 0 Å². The van der Waals surface area contributed by atoms with Crippen molar-refractivity contribution in [2.75, 3.05) is 21.3 Å². The van der Waals surface area contributed by atoms with E-state index in [9.17, 15) is 0 Å². The molecule has 0 radical (unpaired) electrons. The van der Waals surface area contributed by atoms with Gasteiger partial charge in [0.1, 0.15) is 0 Å². The lowest BCUT2D eigenvalue weighted by Gasteiger charge is -2.18. The topological polar surface area (TPSA) is 34.6 Å². The minimum Gasteiger partial charge on any atom is -0.493 e. The molecule has 2 rings (SSSR count). The van der Waals surface area contributed by atoms with Gasteiger partial charge in [0.15, 0.2) is 11.5 Å². The van der Waals surface area contributed by atoms with E-state index in [1.807, 2.05) is 25.3 Å². The maximum atomic E-state index is 6.40. The molecule has 114 valence electrons. The van der Waals surface area contributed by atoms with Crippen LogP contribution in [0.5, 0.6) is 11.5 Å². The van der Waals surface area contributed by atoms with Gasteiger partial charge in [0.05, 0.1) is 24.2 Å². The van der Waals surface area contributed by atoms with Crippen molar-refractivity contribution in [2.24, 2.45) is 0 Å². The van der Waals surface area contributed by atoms with Gasteiger partial charge in [0.2, 0.25) is 0 Å². The van der Waals surface area contributed by atoms with Crippen molar-refractivity contribution in [3.05, 3.63) is 38.8 Å². The molecule has 0 saturated carbocycles. The molecule has 0 N–H and O–H groups in total. The largest absolute Gasteiger partial charge is 0.493 e. The predicted octanol–water partition coefficient (Wildman–Crippen LogP) is 3.75. The summed E-state index contributed by atoms with van der Waals surface area (Å²) in [6.45, 7) is 3.59. The van der Waals surface area contributed by atoms with E-state index in [1.165, 1.54) is 4.88 Å². The van der Waals surface area contributed by atoms with E-state index in [1.54, 1.807) is 25.6 Å². The summed E-state index contributed by atoms with van der Waals surface area (Å²) in [4.78, 5) is 7.71. The minimum absolute atomic E-state index is 0.582. The highest BCUT2D eigenvalue weighted by Gasteiger charge is 2.14. The first-order valence-electron chi connectivity index (χ1n) is 6.54. The highest BCUT2D eigenvalue weighted by Crippen LogP contribution is 2.37. The average molecular weight is 327 g/mol. The van der Waals surface area contributed by atoms with E-state index in [0.717, 1.165) is 23.7 Å². The van der Waals surface area contributed by atoms with Crippen LogP contribution in [-0.4, -0.2) is 31.2 Å². The number of benzene rings is 1. The molecule has 1 aromatic heterocycles. The Balaban J connectivity index is 2.12. The summed E-state index contributed by atoms with van der Waals surface area (Å²) in [6, 6.07) is 3.85. The van der Waals surface area contributed by atoms with Gasteiger partial charge in [-0.3, -0.25) is 4.90 Å². The first-order chi connectivity index (χ1) is 10.0. The van der Waals surface area contributed by atoms with Gasteiger partial charge in [-0.05, 0) is 25.6 Å². The number of methoxy groups -OCH3 is 2. The molecule has 0 bridgehead atoms. The van der Waals surface area contributed by atoms with Crippen LogP contribution in [0.1, 0.15) is 15.4 Å². The molecule has 0 aliphatic rings. The molecule has 0 amide bonds. The second-order valence-corrected chi connectivity index (χ2v) is 6.49. The van der Waals surface area contributed by atoms with Crippen LogP contribution in [0.2, 0.25) is 5.02 Å². The smallest absolute Gasteiger partial charge is 0.179 e. The van der Waals surface area contributed by atoms with Crippen molar-refractivity contribution in [1.29, 1.82) is 0 Å². The van der Waals surface area contributed by atoms with Crippen molar-refractivity contribution in [2.45, 2.75) is 20.0 Å². The summed E-state index contributed by atoms with van der Waals surface area (Å²) in [6.07, 6.45) is 1.92. The molecule has 0 saturated heterocycles. The van der Waals surface area contributed by atoms with E-state index in [4.69, 9.17) is 21.1 Å². The van der Waals surface area contributed by atoms with Crippen molar-refractivity contribution in [3.8, 4) is 11.5 Å². The molecule has 1 heterocycles. The van der Waals surface area contributed by atoms with Gasteiger partial charge in [0.25, 0.3) is 0 Å². The molecule has 21 heavy (non-hydrogen) atoms. The Bertz CT molecular complexity index is 616. The zero-order chi connectivity index (χ0) is 15.4. The summed E-state index contributed by atoms with van der Waals surface area (Å²) < 4.78 is 10.6. The third-order valence-corrected chi connectivity index (χ3v) is 4.41. The molecule has 0 fully saturated rings. The van der Waals surface area contributed by atoms with E-state index >= 15 is 0 Å². The second-order valence-electron chi connectivity index (χ2n) is 4.79. The molecule has 0 atom stereocenters. The number of halogens is 1. The summed E-state index contributed by atoms with van der Waals surface area (Å²) in [5.41, 5.74) is 1.01. The Morgan fingerprint density at radius 1 is 1.24 bits per heavy atom. The molecule has 0 unspecified atom stereocenters. The minimum atomic E-state index is 0.582. The normalized spacial score (nSPS) is 11.0. The Hall–Kier alpha value is -1.30. The molecule has 0 spiro atoms. The van der Waals surface area contributed by atoms with Gasteiger partial charge in [-0.1, -0.05) is 17.7 Å². The van der Waals surface area contributed by atoms with Crippen molar-refractivity contribution in [1.82, 2.24) is 9.88 Å². The van der Waals surface area contributed by atoms with Crippen LogP contribution in [0.15, 0.2) is 18.3 Å². The van der Waals surface area contributed by atoms with Crippen LogP contribution in [0.3, 0.4) is 0 Å². The molecule has 4 nitrogen and oxygen atoms in total. The highest BCUT2D eigenvalue weighted by molar-refractivity contribution is 7.11. The summed E-state index contributed by atoms with van der Waals surface area (Å²) in [5, 5.41) is 1.69. The Morgan fingerprint density at radius 2 is 2.00 bits per heavy atom. The SMILES string of the molecule is COc1ccc(CN(C)Cc2cnc(C)s2)c(Cl)c1OC.